The van der Waals surface area contributed by atoms with Gasteiger partial charge in [-0.3, -0.25) is 4.79 Å². The Hall–Kier alpha value is -0.610. The molecule has 1 rings (SSSR count). The van der Waals surface area contributed by atoms with Gasteiger partial charge in [0.15, 0.2) is 0 Å². The third-order valence-corrected chi connectivity index (χ3v) is 2.83. The summed E-state index contributed by atoms with van der Waals surface area (Å²) in [5.74, 6) is 0.0687. The summed E-state index contributed by atoms with van der Waals surface area (Å²) in [6.45, 7) is 3.33. The van der Waals surface area contributed by atoms with Crippen molar-refractivity contribution in [1.82, 2.24) is 5.32 Å². The molecule has 15 heavy (non-hydrogen) atoms. The second-order valence-electron chi connectivity index (χ2n) is 4.10. The molecule has 1 aliphatic rings. The Labute approximate surface area is 91.5 Å². The van der Waals surface area contributed by atoms with E-state index in [0.29, 0.717) is 13.0 Å². The van der Waals surface area contributed by atoms with Gasteiger partial charge < -0.3 is 15.8 Å². The average molecular weight is 214 g/mol. The number of rotatable bonds is 5. The van der Waals surface area contributed by atoms with E-state index in [1.807, 2.05) is 6.92 Å². The fourth-order valence-electron chi connectivity index (χ4n) is 1.79. The SMILES string of the molecule is CCC(CN)NC(=O)CC1CCCCO1. The highest BCUT2D eigenvalue weighted by atomic mass is 16.5. The first-order chi connectivity index (χ1) is 7.26. The molecule has 1 amide bonds. The first-order valence-electron chi connectivity index (χ1n) is 5.87. The third-order valence-electron chi connectivity index (χ3n) is 2.83. The molecule has 4 nitrogen and oxygen atoms in total. The van der Waals surface area contributed by atoms with E-state index in [-0.39, 0.29) is 18.1 Å². The van der Waals surface area contributed by atoms with Crippen molar-refractivity contribution in [1.29, 1.82) is 0 Å². The predicted octanol–water partition coefficient (Wildman–Crippen LogP) is 0.799. The fraction of sp³-hybridized carbons (Fsp3) is 0.909. The highest BCUT2D eigenvalue weighted by molar-refractivity contribution is 5.76. The van der Waals surface area contributed by atoms with E-state index in [0.717, 1.165) is 25.9 Å². The van der Waals surface area contributed by atoms with Crippen molar-refractivity contribution in [3.63, 3.8) is 0 Å². The van der Waals surface area contributed by atoms with Crippen molar-refractivity contribution in [2.24, 2.45) is 5.73 Å². The van der Waals surface area contributed by atoms with E-state index >= 15 is 0 Å². The van der Waals surface area contributed by atoms with Gasteiger partial charge in [-0.2, -0.15) is 0 Å². The molecule has 0 aliphatic carbocycles. The van der Waals surface area contributed by atoms with E-state index in [9.17, 15) is 4.79 Å². The van der Waals surface area contributed by atoms with E-state index in [1.165, 1.54) is 6.42 Å². The second-order valence-corrected chi connectivity index (χ2v) is 4.10. The van der Waals surface area contributed by atoms with Crippen LogP contribution in [0.4, 0.5) is 0 Å². The largest absolute Gasteiger partial charge is 0.378 e. The first kappa shape index (κ1) is 12.5. The molecule has 0 saturated carbocycles. The van der Waals surface area contributed by atoms with Crippen molar-refractivity contribution in [2.45, 2.75) is 51.2 Å². The number of nitrogens with one attached hydrogen (secondary N) is 1. The molecule has 1 saturated heterocycles. The molecular weight excluding hydrogens is 192 g/mol. The van der Waals surface area contributed by atoms with Gasteiger partial charge in [0.2, 0.25) is 5.91 Å². The second kappa shape index (κ2) is 6.80. The summed E-state index contributed by atoms with van der Waals surface area (Å²) in [4.78, 5) is 11.6. The van der Waals surface area contributed by atoms with Gasteiger partial charge in [-0.05, 0) is 25.7 Å². The number of carbonyl (C=O) groups is 1. The Morgan fingerprint density at radius 1 is 1.60 bits per heavy atom. The molecule has 2 unspecified atom stereocenters. The normalized spacial score (nSPS) is 23.5. The number of ether oxygens (including phenoxy) is 1. The quantitative estimate of drug-likeness (QED) is 0.711. The van der Waals surface area contributed by atoms with Crippen LogP contribution in [0.15, 0.2) is 0 Å². The van der Waals surface area contributed by atoms with Crippen LogP contribution in [0, 0.1) is 0 Å². The Morgan fingerprint density at radius 2 is 2.40 bits per heavy atom. The molecular formula is C11H22N2O2. The van der Waals surface area contributed by atoms with Gasteiger partial charge in [0, 0.05) is 19.2 Å². The Kier molecular flexibility index (Phi) is 5.65. The van der Waals surface area contributed by atoms with Gasteiger partial charge in [-0.25, -0.2) is 0 Å². The topological polar surface area (TPSA) is 64.3 Å². The number of hydrogen-bond acceptors (Lipinski definition) is 3. The number of carbonyl (C=O) groups excluding carboxylic acids is 1. The van der Waals surface area contributed by atoms with Crippen molar-refractivity contribution < 1.29 is 9.53 Å². The maximum atomic E-state index is 11.6. The minimum atomic E-state index is 0.0687. The van der Waals surface area contributed by atoms with E-state index in [2.05, 4.69) is 5.32 Å². The monoisotopic (exact) mass is 214 g/mol. The zero-order chi connectivity index (χ0) is 11.1. The summed E-state index contributed by atoms with van der Waals surface area (Å²) in [7, 11) is 0. The van der Waals surface area contributed by atoms with Crippen LogP contribution in [0.5, 0.6) is 0 Å². The summed E-state index contributed by atoms with van der Waals surface area (Å²) in [6.07, 6.45) is 4.79. The molecule has 1 fully saturated rings. The minimum Gasteiger partial charge on any atom is -0.378 e. The van der Waals surface area contributed by atoms with Crippen LogP contribution in [-0.2, 0) is 9.53 Å². The third kappa shape index (κ3) is 4.62. The summed E-state index contributed by atoms with van der Waals surface area (Å²) in [5.41, 5.74) is 5.52. The van der Waals surface area contributed by atoms with Crippen LogP contribution >= 0.6 is 0 Å². The molecule has 1 aliphatic heterocycles. The lowest BCUT2D eigenvalue weighted by molar-refractivity contribution is -0.125. The van der Waals surface area contributed by atoms with Gasteiger partial charge in [-0.1, -0.05) is 6.92 Å². The summed E-state index contributed by atoms with van der Waals surface area (Å²) >= 11 is 0. The Morgan fingerprint density at radius 3 is 2.93 bits per heavy atom. The highest BCUT2D eigenvalue weighted by Crippen LogP contribution is 2.15. The van der Waals surface area contributed by atoms with Crippen LogP contribution in [-0.4, -0.2) is 31.2 Å². The van der Waals surface area contributed by atoms with Crippen molar-refractivity contribution in [3.8, 4) is 0 Å². The molecule has 0 bridgehead atoms. The minimum absolute atomic E-state index is 0.0687. The molecule has 0 radical (unpaired) electrons. The zero-order valence-corrected chi connectivity index (χ0v) is 9.50. The number of nitrogens with two attached hydrogens (primary N) is 1. The number of amides is 1. The molecule has 4 heteroatoms. The lowest BCUT2D eigenvalue weighted by Crippen LogP contribution is -2.41. The molecule has 0 aromatic carbocycles. The predicted molar refractivity (Wildman–Crippen MR) is 59.5 cm³/mol. The molecule has 1 heterocycles. The molecule has 0 aromatic rings. The Balaban J connectivity index is 2.21. The van der Waals surface area contributed by atoms with E-state index in [4.69, 9.17) is 10.5 Å². The standard InChI is InChI=1S/C11H22N2O2/c1-2-9(8-12)13-11(14)7-10-5-3-4-6-15-10/h9-10H,2-8,12H2,1H3,(H,13,14). The van der Waals surface area contributed by atoms with Gasteiger partial charge in [0.05, 0.1) is 12.5 Å². The summed E-state index contributed by atoms with van der Waals surface area (Å²) < 4.78 is 5.51. The van der Waals surface area contributed by atoms with Crippen molar-refractivity contribution in [3.05, 3.63) is 0 Å². The first-order valence-corrected chi connectivity index (χ1v) is 5.87. The van der Waals surface area contributed by atoms with E-state index < -0.39 is 0 Å². The lowest BCUT2D eigenvalue weighted by Gasteiger charge is -2.23. The van der Waals surface area contributed by atoms with Crippen molar-refractivity contribution >= 4 is 5.91 Å². The maximum Gasteiger partial charge on any atom is 0.222 e. The van der Waals surface area contributed by atoms with Gasteiger partial charge in [0.25, 0.3) is 0 Å². The lowest BCUT2D eigenvalue weighted by atomic mass is 10.1. The van der Waals surface area contributed by atoms with Crippen LogP contribution in [0.25, 0.3) is 0 Å². The summed E-state index contributed by atoms with van der Waals surface area (Å²) in [5, 5.41) is 2.92. The van der Waals surface area contributed by atoms with Crippen LogP contribution < -0.4 is 11.1 Å². The van der Waals surface area contributed by atoms with Gasteiger partial charge in [-0.15, -0.1) is 0 Å². The zero-order valence-electron chi connectivity index (χ0n) is 9.50. The highest BCUT2D eigenvalue weighted by Gasteiger charge is 2.18. The van der Waals surface area contributed by atoms with E-state index in [1.54, 1.807) is 0 Å². The Bertz CT molecular complexity index is 187. The van der Waals surface area contributed by atoms with Crippen LogP contribution in [0.2, 0.25) is 0 Å². The average Bonchev–Trinajstić information content (AvgIpc) is 2.27. The smallest absolute Gasteiger partial charge is 0.222 e. The summed E-state index contributed by atoms with van der Waals surface area (Å²) in [6, 6.07) is 0.112. The van der Waals surface area contributed by atoms with Crippen LogP contribution in [0.1, 0.15) is 39.0 Å². The van der Waals surface area contributed by atoms with Crippen LogP contribution in [0.3, 0.4) is 0 Å². The van der Waals surface area contributed by atoms with Crippen molar-refractivity contribution in [2.75, 3.05) is 13.2 Å². The van der Waals surface area contributed by atoms with Gasteiger partial charge in [0.1, 0.15) is 0 Å². The molecule has 3 N–H and O–H groups in total. The molecule has 88 valence electrons. The fourth-order valence-corrected chi connectivity index (χ4v) is 1.79. The maximum absolute atomic E-state index is 11.6. The molecule has 2 atom stereocenters. The molecule has 0 spiro atoms. The number of hydrogen-bond donors (Lipinski definition) is 2. The molecule has 0 aromatic heterocycles. The van der Waals surface area contributed by atoms with Gasteiger partial charge >= 0.3 is 0 Å².